The first-order valence-corrected chi connectivity index (χ1v) is 12.4. The van der Waals surface area contributed by atoms with Crippen molar-refractivity contribution in [3.63, 3.8) is 0 Å². The zero-order chi connectivity index (χ0) is 22.0. The van der Waals surface area contributed by atoms with Crippen LogP contribution in [-0.2, 0) is 24.4 Å². The molecule has 29 heavy (non-hydrogen) atoms. The Kier molecular flexibility index (Phi) is 16.6. The third-order valence-electron chi connectivity index (χ3n) is 4.64. The first-order valence-electron chi connectivity index (χ1n) is 10.8. The molecule has 0 aromatic heterocycles. The molecule has 0 aliphatic heterocycles. The van der Waals surface area contributed by atoms with Crippen molar-refractivity contribution in [2.24, 2.45) is 0 Å². The second-order valence-electron chi connectivity index (χ2n) is 7.42. The lowest BCUT2D eigenvalue weighted by atomic mass is 10.1. The molecule has 0 spiro atoms. The van der Waals surface area contributed by atoms with Gasteiger partial charge in [-0.05, 0) is 19.3 Å². The summed E-state index contributed by atoms with van der Waals surface area (Å²) in [6.07, 6.45) is 14.9. The molecule has 2 N–H and O–H groups in total. The minimum Gasteiger partial charge on any atom is -0.478 e. The van der Waals surface area contributed by atoms with Crippen molar-refractivity contribution in [1.82, 2.24) is 0 Å². The van der Waals surface area contributed by atoms with Gasteiger partial charge in [0.05, 0.1) is 12.4 Å². The molecule has 0 rings (SSSR count). The van der Waals surface area contributed by atoms with Gasteiger partial charge in [0.25, 0.3) is 10.1 Å². The molecule has 0 aromatic rings. The highest BCUT2D eigenvalue weighted by molar-refractivity contribution is 7.85. The molecule has 0 unspecified atom stereocenters. The van der Waals surface area contributed by atoms with Crippen molar-refractivity contribution in [3.05, 3.63) is 11.6 Å². The van der Waals surface area contributed by atoms with E-state index in [1.807, 2.05) is 0 Å². The summed E-state index contributed by atoms with van der Waals surface area (Å²) in [7, 11) is -4.14. The standard InChI is InChI=1S/C21H38O7S/c1-2-3-4-5-6-7-8-9-10-11-12-13-16-28-21(24)19(18-20(22)23)15-14-17-29(25,26)27/h18H,2-17H2,1H3,(H,22,23)(H,25,26,27). The summed E-state index contributed by atoms with van der Waals surface area (Å²) in [6.45, 7) is 2.44. The van der Waals surface area contributed by atoms with Crippen LogP contribution in [0.2, 0.25) is 0 Å². The molecule has 0 saturated heterocycles. The second-order valence-corrected chi connectivity index (χ2v) is 8.99. The maximum absolute atomic E-state index is 12.0. The predicted molar refractivity (Wildman–Crippen MR) is 113 cm³/mol. The Labute approximate surface area is 175 Å². The summed E-state index contributed by atoms with van der Waals surface area (Å²) < 4.78 is 35.2. The van der Waals surface area contributed by atoms with Gasteiger partial charge in [0, 0.05) is 11.6 Å². The maximum Gasteiger partial charge on any atom is 0.334 e. The summed E-state index contributed by atoms with van der Waals surface area (Å²) in [5.74, 6) is -2.57. The van der Waals surface area contributed by atoms with E-state index in [9.17, 15) is 18.0 Å². The van der Waals surface area contributed by atoms with E-state index in [1.54, 1.807) is 0 Å². The van der Waals surface area contributed by atoms with Crippen LogP contribution in [0, 0.1) is 0 Å². The fourth-order valence-corrected chi connectivity index (χ4v) is 3.54. The minimum atomic E-state index is -4.14. The second kappa shape index (κ2) is 17.4. The Hall–Kier alpha value is -1.41. The number of carboxylic acids is 1. The van der Waals surface area contributed by atoms with Gasteiger partial charge in [0.15, 0.2) is 0 Å². The van der Waals surface area contributed by atoms with Gasteiger partial charge < -0.3 is 9.84 Å². The quantitative estimate of drug-likeness (QED) is 0.128. The maximum atomic E-state index is 12.0. The van der Waals surface area contributed by atoms with Crippen molar-refractivity contribution in [3.8, 4) is 0 Å². The molecular weight excluding hydrogens is 396 g/mol. The van der Waals surface area contributed by atoms with Crippen molar-refractivity contribution in [1.29, 1.82) is 0 Å². The van der Waals surface area contributed by atoms with Crippen LogP contribution in [0.15, 0.2) is 11.6 Å². The zero-order valence-corrected chi connectivity index (χ0v) is 18.6. The number of carbonyl (C=O) groups is 2. The normalized spacial score (nSPS) is 12.1. The van der Waals surface area contributed by atoms with Gasteiger partial charge in [0.1, 0.15) is 0 Å². The van der Waals surface area contributed by atoms with E-state index in [4.69, 9.17) is 14.4 Å². The molecule has 0 radical (unpaired) electrons. The van der Waals surface area contributed by atoms with Gasteiger partial charge >= 0.3 is 11.9 Å². The smallest absolute Gasteiger partial charge is 0.334 e. The summed E-state index contributed by atoms with van der Waals surface area (Å²) >= 11 is 0. The van der Waals surface area contributed by atoms with Crippen LogP contribution in [0.1, 0.15) is 96.8 Å². The number of aliphatic carboxylic acids is 1. The fourth-order valence-electron chi connectivity index (χ4n) is 3.03. The van der Waals surface area contributed by atoms with E-state index < -0.39 is 27.8 Å². The lowest BCUT2D eigenvalue weighted by molar-refractivity contribution is -0.140. The van der Waals surface area contributed by atoms with E-state index in [-0.39, 0.29) is 25.0 Å². The topological polar surface area (TPSA) is 118 Å². The monoisotopic (exact) mass is 434 g/mol. The molecule has 8 heteroatoms. The highest BCUT2D eigenvalue weighted by atomic mass is 32.2. The Morgan fingerprint density at radius 1 is 0.828 bits per heavy atom. The highest BCUT2D eigenvalue weighted by Gasteiger charge is 2.14. The van der Waals surface area contributed by atoms with Crippen LogP contribution >= 0.6 is 0 Å². The van der Waals surface area contributed by atoms with Crippen molar-refractivity contribution >= 4 is 22.1 Å². The van der Waals surface area contributed by atoms with Crippen LogP contribution in [0.4, 0.5) is 0 Å². The molecule has 0 amide bonds. The number of hydrogen-bond donors (Lipinski definition) is 2. The van der Waals surface area contributed by atoms with Crippen LogP contribution < -0.4 is 0 Å². The van der Waals surface area contributed by atoms with Crippen LogP contribution in [0.3, 0.4) is 0 Å². The van der Waals surface area contributed by atoms with E-state index >= 15 is 0 Å². The summed E-state index contributed by atoms with van der Waals surface area (Å²) in [6, 6.07) is 0. The highest BCUT2D eigenvalue weighted by Crippen LogP contribution is 2.13. The molecule has 0 aromatic carbocycles. The Morgan fingerprint density at radius 3 is 1.76 bits per heavy atom. The summed E-state index contributed by atoms with van der Waals surface area (Å²) in [5, 5.41) is 8.82. The Bertz CT molecular complexity index is 582. The molecular formula is C21H38O7S. The van der Waals surface area contributed by atoms with Gasteiger partial charge in [-0.2, -0.15) is 8.42 Å². The van der Waals surface area contributed by atoms with Crippen molar-refractivity contribution in [2.45, 2.75) is 96.8 Å². The average molecular weight is 435 g/mol. The van der Waals surface area contributed by atoms with E-state index in [2.05, 4.69) is 6.92 Å². The number of rotatable bonds is 19. The molecule has 0 heterocycles. The largest absolute Gasteiger partial charge is 0.478 e. The third-order valence-corrected chi connectivity index (χ3v) is 5.44. The zero-order valence-electron chi connectivity index (χ0n) is 17.7. The van der Waals surface area contributed by atoms with Gasteiger partial charge in [-0.1, -0.05) is 77.6 Å². The van der Waals surface area contributed by atoms with E-state index in [0.29, 0.717) is 6.42 Å². The van der Waals surface area contributed by atoms with Crippen molar-refractivity contribution < 1.29 is 32.4 Å². The SMILES string of the molecule is CCCCCCCCCCCCCCOC(=O)C(=CC(=O)O)CCCS(=O)(=O)O. The molecule has 0 aliphatic carbocycles. The molecule has 170 valence electrons. The fraction of sp³-hybridized carbons (Fsp3) is 0.810. The van der Waals surface area contributed by atoms with Gasteiger partial charge in [-0.25, -0.2) is 9.59 Å². The van der Waals surface area contributed by atoms with Crippen LogP contribution in [0.25, 0.3) is 0 Å². The van der Waals surface area contributed by atoms with Crippen molar-refractivity contribution in [2.75, 3.05) is 12.4 Å². The molecule has 0 saturated carbocycles. The third kappa shape index (κ3) is 19.7. The number of unbranched alkanes of at least 4 members (excludes halogenated alkanes) is 11. The first-order chi connectivity index (χ1) is 13.8. The summed E-state index contributed by atoms with van der Waals surface area (Å²) in [4.78, 5) is 22.8. The number of carbonyl (C=O) groups excluding carboxylic acids is 1. The minimum absolute atomic E-state index is 0.0499. The van der Waals surface area contributed by atoms with Gasteiger partial charge in [-0.15, -0.1) is 0 Å². The Morgan fingerprint density at radius 2 is 1.31 bits per heavy atom. The Balaban J connectivity index is 3.81. The number of carboxylic acid groups (broad SMARTS) is 1. The first kappa shape index (κ1) is 27.6. The molecule has 0 aliphatic rings. The lowest BCUT2D eigenvalue weighted by Gasteiger charge is -2.08. The van der Waals surface area contributed by atoms with E-state index in [1.165, 1.54) is 57.8 Å². The number of hydrogen-bond acceptors (Lipinski definition) is 5. The molecule has 0 atom stereocenters. The van der Waals surface area contributed by atoms with Gasteiger partial charge in [0.2, 0.25) is 0 Å². The number of ether oxygens (including phenoxy) is 1. The predicted octanol–water partition coefficient (Wildman–Crippen LogP) is 4.91. The molecule has 0 bridgehead atoms. The van der Waals surface area contributed by atoms with Crippen LogP contribution in [-0.4, -0.2) is 42.4 Å². The molecule has 0 fully saturated rings. The number of esters is 1. The van der Waals surface area contributed by atoms with Crippen LogP contribution in [0.5, 0.6) is 0 Å². The average Bonchev–Trinajstić information content (AvgIpc) is 2.63. The lowest BCUT2D eigenvalue weighted by Crippen LogP contribution is -2.12. The van der Waals surface area contributed by atoms with E-state index in [0.717, 1.165) is 18.9 Å². The summed E-state index contributed by atoms with van der Waals surface area (Å²) in [5.41, 5.74) is -0.0971. The molecule has 7 nitrogen and oxygen atoms in total. The van der Waals surface area contributed by atoms with Gasteiger partial charge in [-0.3, -0.25) is 4.55 Å².